The van der Waals surface area contributed by atoms with E-state index in [1.54, 1.807) is 21.0 Å². The number of likely N-dealkylation sites (N-methyl/N-ethyl adjacent to an activating group) is 1. The highest BCUT2D eigenvalue weighted by atomic mass is 127. The molecule has 134 valence electrons. The molecule has 0 aromatic rings. The first-order valence-corrected chi connectivity index (χ1v) is 7.86. The molecule has 1 aliphatic heterocycles. The summed E-state index contributed by atoms with van der Waals surface area (Å²) < 4.78 is 0. The molecular weight excluding hydrogens is 409 g/mol. The van der Waals surface area contributed by atoms with Gasteiger partial charge < -0.3 is 20.0 Å². The molecule has 7 nitrogen and oxygen atoms in total. The number of hydrogen-bond acceptors (Lipinski definition) is 3. The van der Waals surface area contributed by atoms with Gasteiger partial charge in [-0.1, -0.05) is 6.92 Å². The largest absolute Gasteiger partial charge is 0.354 e. The highest BCUT2D eigenvalue weighted by Crippen LogP contribution is 2.04. The molecule has 1 N–H and O–H groups in total. The first kappa shape index (κ1) is 21.9. The predicted molar refractivity (Wildman–Crippen MR) is 103 cm³/mol. The van der Waals surface area contributed by atoms with E-state index in [9.17, 15) is 9.59 Å². The van der Waals surface area contributed by atoms with Gasteiger partial charge in [0.2, 0.25) is 11.8 Å². The summed E-state index contributed by atoms with van der Waals surface area (Å²) in [5, 5.41) is 3.38. The van der Waals surface area contributed by atoms with Crippen LogP contribution in [0.25, 0.3) is 0 Å². The zero-order valence-electron chi connectivity index (χ0n) is 14.8. The molecule has 1 atom stereocenters. The van der Waals surface area contributed by atoms with Crippen LogP contribution in [0, 0.1) is 0 Å². The number of amides is 2. The normalized spacial score (nSPS) is 16.5. The monoisotopic (exact) mass is 439 g/mol. The number of carbonyl (C=O) groups excluding carboxylic acids is 2. The molecule has 0 aliphatic carbocycles. The number of rotatable bonds is 4. The van der Waals surface area contributed by atoms with Gasteiger partial charge in [0, 0.05) is 53.2 Å². The summed E-state index contributed by atoms with van der Waals surface area (Å²) in [7, 11) is 3.45. The summed E-state index contributed by atoms with van der Waals surface area (Å²) in [6, 6.07) is 0.291. The highest BCUT2D eigenvalue weighted by molar-refractivity contribution is 14.0. The minimum atomic E-state index is -0.0224. The van der Waals surface area contributed by atoms with Crippen molar-refractivity contribution < 1.29 is 9.59 Å². The molecule has 1 aliphatic rings. The van der Waals surface area contributed by atoms with Crippen molar-refractivity contribution in [1.82, 2.24) is 20.0 Å². The standard InChI is InChI=1S/C15H29N5O2.HI/c1-6-12(2)17-15(16-11-14(22)18(4)5)20-9-7-19(8-10-20)13(3)21;/h12H,6-11H2,1-5H3,(H,16,17);1H. The van der Waals surface area contributed by atoms with Gasteiger partial charge in [-0.2, -0.15) is 0 Å². The van der Waals surface area contributed by atoms with E-state index in [1.165, 1.54) is 4.90 Å². The molecule has 23 heavy (non-hydrogen) atoms. The molecule has 8 heteroatoms. The average molecular weight is 439 g/mol. The summed E-state index contributed by atoms with van der Waals surface area (Å²) >= 11 is 0. The van der Waals surface area contributed by atoms with E-state index in [-0.39, 0.29) is 42.3 Å². The van der Waals surface area contributed by atoms with Crippen LogP contribution in [0.3, 0.4) is 0 Å². The number of carbonyl (C=O) groups is 2. The van der Waals surface area contributed by atoms with Crippen molar-refractivity contribution in [3.8, 4) is 0 Å². The third-order valence-corrected chi connectivity index (χ3v) is 3.88. The fourth-order valence-corrected chi connectivity index (χ4v) is 2.08. The van der Waals surface area contributed by atoms with Crippen LogP contribution < -0.4 is 5.32 Å². The zero-order chi connectivity index (χ0) is 16.7. The lowest BCUT2D eigenvalue weighted by Gasteiger charge is -2.37. The smallest absolute Gasteiger partial charge is 0.243 e. The first-order valence-electron chi connectivity index (χ1n) is 7.86. The van der Waals surface area contributed by atoms with E-state index in [1.807, 2.05) is 4.90 Å². The van der Waals surface area contributed by atoms with Gasteiger partial charge in [0.25, 0.3) is 0 Å². The van der Waals surface area contributed by atoms with Gasteiger partial charge in [0.05, 0.1) is 0 Å². The van der Waals surface area contributed by atoms with Crippen LogP contribution in [0.4, 0.5) is 0 Å². The fraction of sp³-hybridized carbons (Fsp3) is 0.800. The number of guanidine groups is 1. The van der Waals surface area contributed by atoms with Gasteiger partial charge in [-0.15, -0.1) is 24.0 Å². The lowest BCUT2D eigenvalue weighted by atomic mass is 10.2. The lowest BCUT2D eigenvalue weighted by molar-refractivity contribution is -0.130. The number of nitrogens with zero attached hydrogens (tertiary/aromatic N) is 4. The quantitative estimate of drug-likeness (QED) is 0.396. The molecule has 1 saturated heterocycles. The molecule has 1 fully saturated rings. The summed E-state index contributed by atoms with van der Waals surface area (Å²) in [5.41, 5.74) is 0. The van der Waals surface area contributed by atoms with Gasteiger partial charge in [0.1, 0.15) is 6.54 Å². The Morgan fingerprint density at radius 2 is 1.70 bits per heavy atom. The van der Waals surface area contributed by atoms with Crippen molar-refractivity contribution in [3.63, 3.8) is 0 Å². The van der Waals surface area contributed by atoms with E-state index < -0.39 is 0 Å². The number of aliphatic imine (C=N–C) groups is 1. The number of halogens is 1. The molecule has 0 aromatic carbocycles. The SMILES string of the molecule is CCC(C)NC(=NCC(=O)N(C)C)N1CCN(C(C)=O)CC1.I. The molecule has 2 amide bonds. The molecule has 1 rings (SSSR count). The maximum atomic E-state index is 11.7. The Bertz CT molecular complexity index is 420. The van der Waals surface area contributed by atoms with E-state index in [0.717, 1.165) is 25.5 Å². The maximum absolute atomic E-state index is 11.7. The van der Waals surface area contributed by atoms with Gasteiger partial charge in [-0.05, 0) is 13.3 Å². The van der Waals surface area contributed by atoms with Crippen molar-refractivity contribution in [2.75, 3.05) is 46.8 Å². The Hall–Kier alpha value is -1.06. The third kappa shape index (κ3) is 7.36. The van der Waals surface area contributed by atoms with Crippen molar-refractivity contribution in [1.29, 1.82) is 0 Å². The minimum absolute atomic E-state index is 0. The molecule has 0 saturated carbocycles. The Labute approximate surface area is 156 Å². The zero-order valence-corrected chi connectivity index (χ0v) is 17.2. The average Bonchev–Trinajstić information content (AvgIpc) is 2.50. The van der Waals surface area contributed by atoms with E-state index in [0.29, 0.717) is 19.1 Å². The lowest BCUT2D eigenvalue weighted by Crippen LogP contribution is -2.54. The minimum Gasteiger partial charge on any atom is -0.354 e. The Kier molecular flexibility index (Phi) is 10.2. The Morgan fingerprint density at radius 3 is 2.13 bits per heavy atom. The number of hydrogen-bond donors (Lipinski definition) is 1. The van der Waals surface area contributed by atoms with E-state index in [4.69, 9.17) is 0 Å². The second-order valence-corrected chi connectivity index (χ2v) is 5.87. The predicted octanol–water partition coefficient (Wildman–Crippen LogP) is 0.601. The van der Waals surface area contributed by atoms with Crippen LogP contribution in [0.5, 0.6) is 0 Å². The summed E-state index contributed by atoms with van der Waals surface area (Å²) in [6.07, 6.45) is 0.980. The molecular formula is C15H30IN5O2. The Balaban J connectivity index is 0.00000484. The van der Waals surface area contributed by atoms with Crippen LogP contribution >= 0.6 is 24.0 Å². The first-order chi connectivity index (χ1) is 10.3. The van der Waals surface area contributed by atoms with Crippen LogP contribution in [0.1, 0.15) is 27.2 Å². The molecule has 0 aromatic heterocycles. The maximum Gasteiger partial charge on any atom is 0.243 e. The van der Waals surface area contributed by atoms with Crippen LogP contribution in [0.15, 0.2) is 4.99 Å². The Morgan fingerprint density at radius 1 is 1.17 bits per heavy atom. The third-order valence-electron chi connectivity index (χ3n) is 3.88. The van der Waals surface area contributed by atoms with E-state index >= 15 is 0 Å². The van der Waals surface area contributed by atoms with E-state index in [2.05, 4.69) is 29.1 Å². The highest BCUT2D eigenvalue weighted by Gasteiger charge is 2.22. The van der Waals surface area contributed by atoms with Crippen molar-refractivity contribution >= 4 is 41.8 Å². The second-order valence-electron chi connectivity index (χ2n) is 5.87. The van der Waals surface area contributed by atoms with Crippen molar-refractivity contribution in [2.45, 2.75) is 33.2 Å². The molecule has 0 bridgehead atoms. The fourth-order valence-electron chi connectivity index (χ4n) is 2.08. The van der Waals surface area contributed by atoms with Crippen LogP contribution in [0.2, 0.25) is 0 Å². The molecule has 0 radical (unpaired) electrons. The summed E-state index contributed by atoms with van der Waals surface area (Å²) in [6.45, 7) is 8.78. The van der Waals surface area contributed by atoms with Gasteiger partial charge in [-0.3, -0.25) is 9.59 Å². The van der Waals surface area contributed by atoms with Gasteiger partial charge in [0.15, 0.2) is 5.96 Å². The van der Waals surface area contributed by atoms with Gasteiger partial charge in [-0.25, -0.2) is 4.99 Å². The summed E-state index contributed by atoms with van der Waals surface area (Å²) in [5.74, 6) is 0.842. The topological polar surface area (TPSA) is 68.2 Å². The van der Waals surface area contributed by atoms with Crippen molar-refractivity contribution in [2.24, 2.45) is 4.99 Å². The van der Waals surface area contributed by atoms with Crippen LogP contribution in [-0.2, 0) is 9.59 Å². The summed E-state index contributed by atoms with van der Waals surface area (Å²) in [4.78, 5) is 33.1. The molecule has 1 heterocycles. The van der Waals surface area contributed by atoms with Gasteiger partial charge >= 0.3 is 0 Å². The second kappa shape index (κ2) is 10.7. The van der Waals surface area contributed by atoms with Crippen molar-refractivity contribution in [3.05, 3.63) is 0 Å². The molecule has 1 unspecified atom stereocenters. The molecule has 0 spiro atoms. The number of piperazine rings is 1. The number of nitrogens with one attached hydrogen (secondary N) is 1. The van der Waals surface area contributed by atoms with Crippen LogP contribution in [-0.4, -0.2) is 85.3 Å².